The Morgan fingerprint density at radius 1 is 1.38 bits per heavy atom. The first kappa shape index (κ1) is 13.2. The zero-order valence-corrected chi connectivity index (χ0v) is 10.5. The number of aryl methyl sites for hydroxylation is 1. The average molecular weight is 224 g/mol. The normalized spacial score (nSPS) is 13.9. The van der Waals surface area contributed by atoms with E-state index in [1.165, 1.54) is 6.07 Å². The fourth-order valence-electron chi connectivity index (χ4n) is 2.22. The van der Waals surface area contributed by atoms with Crippen LogP contribution in [0.15, 0.2) is 18.2 Å². The summed E-state index contributed by atoms with van der Waals surface area (Å²) in [6, 6.07) is 4.89. The topological polar surface area (TPSA) is 20.2 Å². The number of aliphatic hydroxyl groups excluding tert-OH is 1. The van der Waals surface area contributed by atoms with Crippen LogP contribution in [-0.2, 0) is 6.42 Å². The van der Waals surface area contributed by atoms with Crippen molar-refractivity contribution in [3.63, 3.8) is 0 Å². The quantitative estimate of drug-likeness (QED) is 0.830. The third-order valence-corrected chi connectivity index (χ3v) is 2.83. The van der Waals surface area contributed by atoms with Crippen molar-refractivity contribution in [3.8, 4) is 0 Å². The molecule has 0 amide bonds. The van der Waals surface area contributed by atoms with Crippen molar-refractivity contribution in [2.45, 2.75) is 46.6 Å². The lowest BCUT2D eigenvalue weighted by Crippen LogP contribution is -2.21. The molecule has 1 rings (SSSR count). The minimum absolute atomic E-state index is 0.00722. The van der Waals surface area contributed by atoms with Crippen molar-refractivity contribution in [2.75, 3.05) is 0 Å². The molecule has 0 spiro atoms. The number of hydrogen-bond acceptors (Lipinski definition) is 1. The molecule has 0 saturated heterocycles. The maximum absolute atomic E-state index is 13.1. The molecule has 16 heavy (non-hydrogen) atoms. The molecule has 2 heteroatoms. The van der Waals surface area contributed by atoms with E-state index in [-0.39, 0.29) is 17.3 Å². The molecular weight excluding hydrogens is 203 g/mol. The SMILES string of the molecule is Cc1ccc(F)cc1CC(C)(C)CC(C)O. The van der Waals surface area contributed by atoms with E-state index in [2.05, 4.69) is 13.8 Å². The van der Waals surface area contributed by atoms with Crippen LogP contribution in [0.3, 0.4) is 0 Å². The molecule has 1 aromatic carbocycles. The van der Waals surface area contributed by atoms with E-state index in [4.69, 9.17) is 0 Å². The first-order valence-electron chi connectivity index (χ1n) is 5.73. The molecule has 0 aromatic heterocycles. The first-order valence-corrected chi connectivity index (χ1v) is 5.73. The van der Waals surface area contributed by atoms with Crippen LogP contribution in [0.1, 0.15) is 38.3 Å². The zero-order chi connectivity index (χ0) is 12.3. The van der Waals surface area contributed by atoms with E-state index < -0.39 is 0 Å². The fraction of sp³-hybridized carbons (Fsp3) is 0.571. The fourth-order valence-corrected chi connectivity index (χ4v) is 2.22. The third kappa shape index (κ3) is 3.93. The Hall–Kier alpha value is -0.890. The van der Waals surface area contributed by atoms with E-state index in [1.54, 1.807) is 13.0 Å². The van der Waals surface area contributed by atoms with E-state index in [0.717, 1.165) is 24.0 Å². The number of benzene rings is 1. The van der Waals surface area contributed by atoms with Crippen LogP contribution in [0.25, 0.3) is 0 Å². The van der Waals surface area contributed by atoms with Crippen LogP contribution in [0.5, 0.6) is 0 Å². The summed E-state index contributed by atoms with van der Waals surface area (Å²) in [5.74, 6) is -0.187. The van der Waals surface area contributed by atoms with Crippen molar-refractivity contribution in [1.82, 2.24) is 0 Å². The molecule has 1 nitrogen and oxygen atoms in total. The lowest BCUT2D eigenvalue weighted by molar-refractivity contribution is 0.129. The minimum atomic E-state index is -0.316. The standard InChI is InChI=1S/C14H21FO/c1-10-5-6-13(15)7-12(10)9-14(3,4)8-11(2)16/h5-7,11,16H,8-9H2,1-4H3. The maximum atomic E-state index is 13.1. The summed E-state index contributed by atoms with van der Waals surface area (Å²) in [6.07, 6.45) is 1.20. The number of halogens is 1. The Labute approximate surface area is 97.3 Å². The summed E-state index contributed by atoms with van der Waals surface area (Å²) in [6.45, 7) is 7.99. The zero-order valence-electron chi connectivity index (χ0n) is 10.5. The summed E-state index contributed by atoms with van der Waals surface area (Å²) in [7, 11) is 0. The Bertz CT molecular complexity index is 356. The van der Waals surface area contributed by atoms with Crippen molar-refractivity contribution < 1.29 is 9.50 Å². The second-order valence-electron chi connectivity index (χ2n) is 5.46. The molecule has 0 aliphatic carbocycles. The van der Waals surface area contributed by atoms with Crippen molar-refractivity contribution in [1.29, 1.82) is 0 Å². The van der Waals surface area contributed by atoms with Gasteiger partial charge in [-0.25, -0.2) is 4.39 Å². The molecule has 90 valence electrons. The molecule has 0 bridgehead atoms. The van der Waals surface area contributed by atoms with E-state index in [1.807, 2.05) is 13.0 Å². The minimum Gasteiger partial charge on any atom is -0.393 e. The first-order chi connectivity index (χ1) is 7.30. The molecule has 0 aliphatic heterocycles. The van der Waals surface area contributed by atoms with Gasteiger partial charge < -0.3 is 5.11 Å². The van der Waals surface area contributed by atoms with Gasteiger partial charge in [-0.2, -0.15) is 0 Å². The predicted molar refractivity (Wildman–Crippen MR) is 64.9 cm³/mol. The van der Waals surface area contributed by atoms with Crippen LogP contribution in [0, 0.1) is 18.2 Å². The highest BCUT2D eigenvalue weighted by Gasteiger charge is 2.21. The number of hydrogen-bond donors (Lipinski definition) is 1. The Morgan fingerprint density at radius 2 is 2.00 bits per heavy atom. The molecular formula is C14H21FO. The van der Waals surface area contributed by atoms with Gasteiger partial charge in [-0.05, 0) is 55.4 Å². The molecule has 0 fully saturated rings. The summed E-state index contributed by atoms with van der Waals surface area (Å²) in [5, 5.41) is 9.42. The molecule has 1 atom stereocenters. The lowest BCUT2D eigenvalue weighted by Gasteiger charge is -2.27. The lowest BCUT2D eigenvalue weighted by atomic mass is 9.80. The van der Waals surface area contributed by atoms with Gasteiger partial charge in [-0.15, -0.1) is 0 Å². The number of aliphatic hydroxyl groups is 1. The second-order valence-corrected chi connectivity index (χ2v) is 5.46. The maximum Gasteiger partial charge on any atom is 0.123 e. The van der Waals surface area contributed by atoms with Gasteiger partial charge in [0.05, 0.1) is 6.10 Å². The van der Waals surface area contributed by atoms with Gasteiger partial charge >= 0.3 is 0 Å². The molecule has 0 saturated carbocycles. The summed E-state index contributed by atoms with van der Waals surface area (Å²) in [5.41, 5.74) is 2.14. The summed E-state index contributed by atoms with van der Waals surface area (Å²) >= 11 is 0. The molecule has 1 N–H and O–H groups in total. The molecule has 0 heterocycles. The highest BCUT2D eigenvalue weighted by molar-refractivity contribution is 5.27. The van der Waals surface area contributed by atoms with Gasteiger partial charge in [-0.3, -0.25) is 0 Å². The number of rotatable bonds is 4. The molecule has 0 radical (unpaired) electrons. The van der Waals surface area contributed by atoms with Gasteiger partial charge in [0.2, 0.25) is 0 Å². The Balaban J connectivity index is 2.82. The second kappa shape index (κ2) is 4.96. The van der Waals surface area contributed by atoms with Gasteiger partial charge in [0.15, 0.2) is 0 Å². The van der Waals surface area contributed by atoms with Crippen molar-refractivity contribution in [2.24, 2.45) is 5.41 Å². The van der Waals surface area contributed by atoms with E-state index in [9.17, 15) is 9.50 Å². The molecule has 1 unspecified atom stereocenters. The van der Waals surface area contributed by atoms with E-state index in [0.29, 0.717) is 0 Å². The van der Waals surface area contributed by atoms with Crippen molar-refractivity contribution >= 4 is 0 Å². The van der Waals surface area contributed by atoms with Crippen LogP contribution in [-0.4, -0.2) is 11.2 Å². The highest BCUT2D eigenvalue weighted by atomic mass is 19.1. The van der Waals surface area contributed by atoms with Crippen LogP contribution < -0.4 is 0 Å². The molecule has 1 aromatic rings. The van der Waals surface area contributed by atoms with Crippen LogP contribution in [0.4, 0.5) is 4.39 Å². The molecule has 0 aliphatic rings. The van der Waals surface area contributed by atoms with Gasteiger partial charge in [-0.1, -0.05) is 19.9 Å². The predicted octanol–water partition coefficient (Wildman–Crippen LogP) is 3.47. The van der Waals surface area contributed by atoms with Gasteiger partial charge in [0, 0.05) is 0 Å². The average Bonchev–Trinajstić information content (AvgIpc) is 2.08. The van der Waals surface area contributed by atoms with Gasteiger partial charge in [0.1, 0.15) is 5.82 Å². The van der Waals surface area contributed by atoms with Crippen molar-refractivity contribution in [3.05, 3.63) is 35.1 Å². The van der Waals surface area contributed by atoms with E-state index >= 15 is 0 Å². The third-order valence-electron chi connectivity index (χ3n) is 2.83. The highest BCUT2D eigenvalue weighted by Crippen LogP contribution is 2.29. The Morgan fingerprint density at radius 3 is 2.56 bits per heavy atom. The summed E-state index contributed by atoms with van der Waals surface area (Å²) in [4.78, 5) is 0. The van der Waals surface area contributed by atoms with Crippen LogP contribution in [0.2, 0.25) is 0 Å². The smallest absolute Gasteiger partial charge is 0.123 e. The Kier molecular flexibility index (Phi) is 4.09. The van der Waals surface area contributed by atoms with Crippen LogP contribution >= 0.6 is 0 Å². The van der Waals surface area contributed by atoms with Gasteiger partial charge in [0.25, 0.3) is 0 Å². The largest absolute Gasteiger partial charge is 0.393 e. The summed E-state index contributed by atoms with van der Waals surface area (Å²) < 4.78 is 13.1. The monoisotopic (exact) mass is 224 g/mol.